The van der Waals surface area contributed by atoms with Crippen LogP contribution in [0.4, 0.5) is 0 Å². The Morgan fingerprint density at radius 2 is 1.92 bits per heavy atom. The zero-order valence-corrected chi connectivity index (χ0v) is 18.5. The number of nitrogens with one attached hydrogen (secondary N) is 2. The number of hydrogen-bond acceptors (Lipinski definition) is 4. The molecule has 2 fully saturated rings. The molecule has 0 aliphatic carbocycles. The summed E-state index contributed by atoms with van der Waals surface area (Å²) in [6.45, 7) is 14.6. The summed E-state index contributed by atoms with van der Waals surface area (Å²) in [5.41, 5.74) is 0. The van der Waals surface area contributed by atoms with Gasteiger partial charge in [-0.3, -0.25) is 14.8 Å². The fourth-order valence-electron chi connectivity index (χ4n) is 3.46. The average molecular weight is 467 g/mol. The molecular weight excluding hydrogens is 429 g/mol. The lowest BCUT2D eigenvalue weighted by atomic mass is 10.0. The summed E-state index contributed by atoms with van der Waals surface area (Å²) >= 11 is 0. The largest absolute Gasteiger partial charge is 0.379 e. The minimum Gasteiger partial charge on any atom is -0.379 e. The van der Waals surface area contributed by atoms with Crippen molar-refractivity contribution in [1.29, 1.82) is 0 Å². The normalized spacial score (nSPS) is 23.1. The Hall–Kier alpha value is -0.120. The van der Waals surface area contributed by atoms with Gasteiger partial charge >= 0.3 is 0 Å². The van der Waals surface area contributed by atoms with Gasteiger partial charge in [0.25, 0.3) is 0 Å². The predicted molar refractivity (Wildman–Crippen MR) is 116 cm³/mol. The Kier molecular flexibility index (Phi) is 12.8. The molecule has 2 aliphatic rings. The van der Waals surface area contributed by atoms with Crippen LogP contribution in [0, 0.1) is 0 Å². The first-order valence-corrected chi connectivity index (χ1v) is 9.86. The van der Waals surface area contributed by atoms with Crippen LogP contribution in [0.5, 0.6) is 0 Å². The molecule has 0 aromatic heterocycles. The SMILES string of the molecule is CCNC(=NCCCN1CCOCC1)NCCN1CCCCC1C.I. The molecule has 0 aromatic carbocycles. The van der Waals surface area contributed by atoms with Crippen molar-refractivity contribution in [3.63, 3.8) is 0 Å². The van der Waals surface area contributed by atoms with Crippen molar-refractivity contribution < 1.29 is 4.74 Å². The van der Waals surface area contributed by atoms with Crippen molar-refractivity contribution in [2.24, 2.45) is 4.99 Å². The van der Waals surface area contributed by atoms with E-state index in [0.29, 0.717) is 0 Å². The van der Waals surface area contributed by atoms with E-state index in [9.17, 15) is 0 Å². The van der Waals surface area contributed by atoms with Crippen LogP contribution in [0.3, 0.4) is 0 Å². The molecule has 2 heterocycles. The van der Waals surface area contributed by atoms with Crippen molar-refractivity contribution in [1.82, 2.24) is 20.4 Å². The summed E-state index contributed by atoms with van der Waals surface area (Å²) < 4.78 is 5.38. The monoisotopic (exact) mass is 467 g/mol. The first-order chi connectivity index (χ1) is 11.8. The van der Waals surface area contributed by atoms with E-state index in [2.05, 4.69) is 34.3 Å². The second-order valence-electron chi connectivity index (χ2n) is 6.88. The van der Waals surface area contributed by atoms with Gasteiger partial charge in [-0.1, -0.05) is 6.42 Å². The van der Waals surface area contributed by atoms with Crippen molar-refractivity contribution in [2.75, 3.05) is 65.6 Å². The van der Waals surface area contributed by atoms with E-state index in [4.69, 9.17) is 9.73 Å². The third kappa shape index (κ3) is 9.40. The number of aliphatic imine (C=N–C) groups is 1. The lowest BCUT2D eigenvalue weighted by molar-refractivity contribution is 0.0377. The van der Waals surface area contributed by atoms with E-state index in [1.807, 2.05) is 0 Å². The minimum atomic E-state index is 0. The van der Waals surface area contributed by atoms with Gasteiger partial charge in [0.15, 0.2) is 5.96 Å². The number of rotatable bonds is 8. The maximum Gasteiger partial charge on any atom is 0.191 e. The Balaban J connectivity index is 0.00000312. The smallest absolute Gasteiger partial charge is 0.191 e. The number of halogens is 1. The van der Waals surface area contributed by atoms with E-state index >= 15 is 0 Å². The number of ether oxygens (including phenoxy) is 1. The molecule has 0 saturated carbocycles. The van der Waals surface area contributed by atoms with Crippen molar-refractivity contribution in [2.45, 2.75) is 45.6 Å². The number of hydrogen-bond donors (Lipinski definition) is 2. The highest BCUT2D eigenvalue weighted by molar-refractivity contribution is 14.0. The molecule has 1 unspecified atom stereocenters. The highest BCUT2D eigenvalue weighted by Gasteiger charge is 2.17. The van der Waals surface area contributed by atoms with Crippen LogP contribution in [0.2, 0.25) is 0 Å². The van der Waals surface area contributed by atoms with Crippen LogP contribution in [-0.2, 0) is 4.74 Å². The highest BCUT2D eigenvalue weighted by Crippen LogP contribution is 2.15. The van der Waals surface area contributed by atoms with Crippen molar-refractivity contribution in [3.8, 4) is 0 Å². The number of piperidine rings is 1. The topological polar surface area (TPSA) is 52.1 Å². The lowest BCUT2D eigenvalue weighted by Crippen LogP contribution is -2.45. The van der Waals surface area contributed by atoms with Gasteiger partial charge in [-0.2, -0.15) is 0 Å². The van der Waals surface area contributed by atoms with Gasteiger partial charge in [0.1, 0.15) is 0 Å². The standard InChI is InChI=1S/C18H37N5O.HI/c1-3-19-18(20-8-6-10-22-13-15-24-16-14-22)21-9-12-23-11-5-4-7-17(23)2;/h17H,3-16H2,1-2H3,(H2,19,20,21);1H. The van der Waals surface area contributed by atoms with Crippen LogP contribution >= 0.6 is 24.0 Å². The van der Waals surface area contributed by atoms with E-state index in [-0.39, 0.29) is 24.0 Å². The third-order valence-corrected chi connectivity index (χ3v) is 4.98. The second-order valence-corrected chi connectivity index (χ2v) is 6.88. The molecule has 0 bridgehead atoms. The lowest BCUT2D eigenvalue weighted by Gasteiger charge is -2.33. The van der Waals surface area contributed by atoms with Gasteiger partial charge in [-0.15, -0.1) is 24.0 Å². The number of likely N-dealkylation sites (tertiary alicyclic amines) is 1. The van der Waals surface area contributed by atoms with Gasteiger partial charge in [0.05, 0.1) is 13.2 Å². The van der Waals surface area contributed by atoms with E-state index < -0.39 is 0 Å². The van der Waals surface area contributed by atoms with E-state index in [1.54, 1.807) is 0 Å². The number of guanidine groups is 1. The maximum atomic E-state index is 5.38. The summed E-state index contributed by atoms with van der Waals surface area (Å²) in [4.78, 5) is 9.78. The van der Waals surface area contributed by atoms with E-state index in [1.165, 1.54) is 25.8 Å². The Labute approximate surface area is 171 Å². The molecule has 2 rings (SSSR count). The van der Waals surface area contributed by atoms with Crippen molar-refractivity contribution >= 4 is 29.9 Å². The molecular formula is C18H38IN5O. The second kappa shape index (κ2) is 14.0. The van der Waals surface area contributed by atoms with Gasteiger partial charge in [0.2, 0.25) is 0 Å². The fraction of sp³-hybridized carbons (Fsp3) is 0.944. The molecule has 7 heteroatoms. The van der Waals surface area contributed by atoms with Crippen LogP contribution < -0.4 is 10.6 Å². The quantitative estimate of drug-likeness (QED) is 0.247. The van der Waals surface area contributed by atoms with Crippen LogP contribution in [0.15, 0.2) is 4.99 Å². The van der Waals surface area contributed by atoms with E-state index in [0.717, 1.165) is 77.4 Å². The molecule has 0 spiro atoms. The van der Waals surface area contributed by atoms with Gasteiger partial charge in [-0.25, -0.2) is 0 Å². The molecule has 2 aliphatic heterocycles. The molecule has 0 amide bonds. The molecule has 0 radical (unpaired) electrons. The van der Waals surface area contributed by atoms with Crippen LogP contribution in [0.25, 0.3) is 0 Å². The summed E-state index contributed by atoms with van der Waals surface area (Å²) in [7, 11) is 0. The minimum absolute atomic E-state index is 0. The first kappa shape index (κ1) is 22.9. The Morgan fingerprint density at radius 1 is 1.12 bits per heavy atom. The third-order valence-electron chi connectivity index (χ3n) is 4.98. The molecule has 2 N–H and O–H groups in total. The first-order valence-electron chi connectivity index (χ1n) is 9.86. The highest BCUT2D eigenvalue weighted by atomic mass is 127. The summed E-state index contributed by atoms with van der Waals surface area (Å²) in [5.74, 6) is 0.962. The molecule has 1 atom stereocenters. The molecule has 148 valence electrons. The maximum absolute atomic E-state index is 5.38. The number of morpholine rings is 1. The Morgan fingerprint density at radius 3 is 2.64 bits per heavy atom. The van der Waals surface area contributed by atoms with Gasteiger partial charge in [-0.05, 0) is 39.7 Å². The van der Waals surface area contributed by atoms with Crippen molar-refractivity contribution in [3.05, 3.63) is 0 Å². The molecule has 2 saturated heterocycles. The summed E-state index contributed by atoms with van der Waals surface area (Å²) in [6.07, 6.45) is 5.19. The predicted octanol–water partition coefficient (Wildman–Crippen LogP) is 1.76. The van der Waals surface area contributed by atoms with Crippen LogP contribution in [-0.4, -0.2) is 87.4 Å². The molecule has 6 nitrogen and oxygen atoms in total. The zero-order valence-electron chi connectivity index (χ0n) is 16.1. The summed E-state index contributed by atoms with van der Waals surface area (Å²) in [5, 5.41) is 6.85. The van der Waals surface area contributed by atoms with Gasteiger partial charge in [0, 0.05) is 51.9 Å². The zero-order chi connectivity index (χ0) is 17.0. The van der Waals surface area contributed by atoms with Crippen LogP contribution in [0.1, 0.15) is 39.5 Å². The molecule has 0 aromatic rings. The Bertz CT molecular complexity index is 363. The summed E-state index contributed by atoms with van der Waals surface area (Å²) in [6, 6.07) is 0.730. The fourth-order valence-corrected chi connectivity index (χ4v) is 3.46. The average Bonchev–Trinajstić information content (AvgIpc) is 2.61. The molecule has 25 heavy (non-hydrogen) atoms. The van der Waals surface area contributed by atoms with Gasteiger partial charge < -0.3 is 15.4 Å². The number of nitrogens with zero attached hydrogens (tertiary/aromatic N) is 3.